The SMILES string of the molecule is CC(=O)NC1=NN(C(C)=O)C2(S1)C1CCCC2C(c2ccc(C)cc2)NC1c1ccc(C)cc1. The second-order valence-corrected chi connectivity index (χ2v) is 11.1. The van der Waals surface area contributed by atoms with Gasteiger partial charge in [-0.2, -0.15) is 0 Å². The van der Waals surface area contributed by atoms with E-state index in [0.717, 1.165) is 19.3 Å². The first-order chi connectivity index (χ1) is 16.3. The number of thioether (sulfide) groups is 1. The van der Waals surface area contributed by atoms with Gasteiger partial charge in [0.1, 0.15) is 4.87 Å². The van der Waals surface area contributed by atoms with Crippen LogP contribution in [0.3, 0.4) is 0 Å². The van der Waals surface area contributed by atoms with Gasteiger partial charge < -0.3 is 10.6 Å². The van der Waals surface area contributed by atoms with Gasteiger partial charge in [-0.25, -0.2) is 5.01 Å². The summed E-state index contributed by atoms with van der Waals surface area (Å²) in [6.07, 6.45) is 3.08. The first-order valence-corrected chi connectivity index (χ1v) is 12.9. The number of carbonyl (C=O) groups is 2. The largest absolute Gasteiger partial charge is 0.304 e. The Labute approximate surface area is 205 Å². The normalized spacial score (nSPS) is 30.2. The molecule has 0 aromatic heterocycles. The maximum atomic E-state index is 13.0. The van der Waals surface area contributed by atoms with Gasteiger partial charge >= 0.3 is 0 Å². The molecule has 5 rings (SSSR count). The minimum atomic E-state index is -0.557. The van der Waals surface area contributed by atoms with Crippen LogP contribution in [0.4, 0.5) is 0 Å². The fourth-order valence-corrected chi connectivity index (χ4v) is 7.75. The molecular weight excluding hydrogens is 444 g/mol. The summed E-state index contributed by atoms with van der Waals surface area (Å²) in [6, 6.07) is 17.6. The molecule has 0 radical (unpaired) electrons. The summed E-state index contributed by atoms with van der Waals surface area (Å²) in [6.45, 7) is 7.27. The van der Waals surface area contributed by atoms with Gasteiger partial charge in [0.15, 0.2) is 5.17 Å². The van der Waals surface area contributed by atoms with Gasteiger partial charge in [0, 0.05) is 37.8 Å². The van der Waals surface area contributed by atoms with Crippen molar-refractivity contribution < 1.29 is 9.59 Å². The molecule has 2 aromatic carbocycles. The molecule has 7 heteroatoms. The van der Waals surface area contributed by atoms with Gasteiger partial charge in [0.05, 0.1) is 0 Å². The molecule has 1 spiro atoms. The average molecular weight is 477 g/mol. The average Bonchev–Trinajstić information content (AvgIpc) is 3.13. The zero-order valence-electron chi connectivity index (χ0n) is 20.2. The number of amidine groups is 1. The summed E-state index contributed by atoms with van der Waals surface area (Å²) in [5.41, 5.74) is 4.90. The first-order valence-electron chi connectivity index (χ1n) is 12.0. The molecule has 2 N–H and O–H groups in total. The Hall–Kier alpha value is -2.64. The second-order valence-electron chi connectivity index (χ2n) is 9.86. The first kappa shape index (κ1) is 23.1. The minimum Gasteiger partial charge on any atom is -0.304 e. The molecule has 1 saturated heterocycles. The molecule has 4 atom stereocenters. The van der Waals surface area contributed by atoms with Crippen molar-refractivity contribution in [1.82, 2.24) is 15.6 Å². The third-order valence-corrected chi connectivity index (χ3v) is 8.98. The summed E-state index contributed by atoms with van der Waals surface area (Å²) >= 11 is 1.58. The van der Waals surface area contributed by atoms with Crippen molar-refractivity contribution in [2.45, 2.75) is 63.9 Å². The van der Waals surface area contributed by atoms with Gasteiger partial charge in [0.2, 0.25) is 11.8 Å². The molecule has 178 valence electrons. The molecule has 2 aliphatic heterocycles. The van der Waals surface area contributed by atoms with E-state index in [1.54, 1.807) is 23.7 Å². The van der Waals surface area contributed by atoms with E-state index < -0.39 is 4.87 Å². The third kappa shape index (κ3) is 3.85. The van der Waals surface area contributed by atoms with Crippen LogP contribution in [0, 0.1) is 25.7 Å². The molecule has 2 bridgehead atoms. The van der Waals surface area contributed by atoms with E-state index in [-0.39, 0.29) is 35.7 Å². The predicted octanol–water partition coefficient (Wildman–Crippen LogP) is 4.80. The third-order valence-electron chi connectivity index (χ3n) is 7.49. The number of nitrogens with one attached hydrogen (secondary N) is 2. The number of piperidine rings is 1. The van der Waals surface area contributed by atoms with Crippen LogP contribution in [0.1, 0.15) is 67.4 Å². The number of amides is 2. The maximum Gasteiger partial charge on any atom is 0.240 e. The summed E-state index contributed by atoms with van der Waals surface area (Å²) in [4.78, 5) is 24.4. The Morgan fingerprint density at radius 1 is 0.941 bits per heavy atom. The zero-order chi connectivity index (χ0) is 24.0. The molecule has 2 heterocycles. The van der Waals surface area contributed by atoms with Gasteiger partial charge in [0.25, 0.3) is 0 Å². The maximum absolute atomic E-state index is 13.0. The van der Waals surface area contributed by atoms with Crippen LogP contribution in [0.5, 0.6) is 0 Å². The minimum absolute atomic E-state index is 0.0599. The number of carbonyl (C=O) groups excluding carboxylic acids is 2. The van der Waals surface area contributed by atoms with Gasteiger partial charge in [-0.05, 0) is 37.8 Å². The van der Waals surface area contributed by atoms with Crippen LogP contribution in [-0.4, -0.2) is 26.9 Å². The van der Waals surface area contributed by atoms with E-state index in [1.165, 1.54) is 29.2 Å². The number of hydrazone groups is 1. The zero-order valence-corrected chi connectivity index (χ0v) is 21.0. The van der Waals surface area contributed by atoms with Crippen LogP contribution in [0.25, 0.3) is 0 Å². The van der Waals surface area contributed by atoms with E-state index in [9.17, 15) is 9.59 Å². The van der Waals surface area contributed by atoms with Crippen LogP contribution in [-0.2, 0) is 9.59 Å². The Balaban J connectivity index is 1.66. The highest BCUT2D eigenvalue weighted by Gasteiger charge is 2.64. The molecule has 1 aliphatic carbocycles. The lowest BCUT2D eigenvalue weighted by Gasteiger charge is -2.59. The van der Waals surface area contributed by atoms with Gasteiger partial charge in [-0.15, -0.1) is 5.10 Å². The monoisotopic (exact) mass is 476 g/mol. The number of aryl methyl sites for hydroxylation is 2. The van der Waals surface area contributed by atoms with Crippen LogP contribution in [0.15, 0.2) is 53.6 Å². The van der Waals surface area contributed by atoms with Crippen molar-refractivity contribution in [1.29, 1.82) is 0 Å². The lowest BCUT2D eigenvalue weighted by atomic mass is 9.64. The molecule has 3 aliphatic rings. The van der Waals surface area contributed by atoms with Crippen LogP contribution < -0.4 is 10.6 Å². The lowest BCUT2D eigenvalue weighted by Crippen LogP contribution is -2.65. The van der Waals surface area contributed by atoms with E-state index >= 15 is 0 Å². The Morgan fingerprint density at radius 3 is 1.88 bits per heavy atom. The predicted molar refractivity (Wildman–Crippen MR) is 136 cm³/mol. The van der Waals surface area contributed by atoms with Crippen molar-refractivity contribution in [3.63, 3.8) is 0 Å². The van der Waals surface area contributed by atoms with Crippen molar-refractivity contribution >= 4 is 28.7 Å². The van der Waals surface area contributed by atoms with Crippen molar-refractivity contribution in [2.75, 3.05) is 0 Å². The summed E-state index contributed by atoms with van der Waals surface area (Å²) in [5.74, 6) is 0.0483. The lowest BCUT2D eigenvalue weighted by molar-refractivity contribution is -0.140. The topological polar surface area (TPSA) is 73.8 Å². The number of hydrogen-bond donors (Lipinski definition) is 2. The molecule has 2 fully saturated rings. The highest BCUT2D eigenvalue weighted by molar-refractivity contribution is 8.15. The summed E-state index contributed by atoms with van der Waals surface area (Å²) in [5, 5.41) is 13.8. The molecular formula is C27H32N4O2S. The second kappa shape index (κ2) is 8.86. The van der Waals surface area contributed by atoms with Crippen LogP contribution in [0.2, 0.25) is 0 Å². The smallest absolute Gasteiger partial charge is 0.240 e. The van der Waals surface area contributed by atoms with E-state index in [2.05, 4.69) is 78.1 Å². The van der Waals surface area contributed by atoms with Crippen LogP contribution >= 0.6 is 11.8 Å². The quantitative estimate of drug-likeness (QED) is 0.653. The highest BCUT2D eigenvalue weighted by atomic mass is 32.2. The number of hydrogen-bond acceptors (Lipinski definition) is 5. The molecule has 6 nitrogen and oxygen atoms in total. The van der Waals surface area contributed by atoms with E-state index in [1.807, 2.05) is 0 Å². The fraction of sp³-hybridized carbons (Fsp3) is 0.444. The standard InChI is InChI=1S/C27H32N4O2S/c1-16-8-12-20(13-9-16)24-22-6-5-7-23(25(29-24)21-14-10-17(2)11-15-21)27(22)31(19(4)33)30-26(34-27)28-18(3)32/h8-15,22-25,29H,5-7H2,1-4H3,(H,28,30,32). The Morgan fingerprint density at radius 2 is 1.44 bits per heavy atom. The molecule has 1 saturated carbocycles. The molecule has 2 amide bonds. The Bertz CT molecular complexity index is 1070. The Kier molecular flexibility index (Phi) is 6.02. The van der Waals surface area contributed by atoms with Crippen molar-refractivity contribution in [2.24, 2.45) is 16.9 Å². The summed E-state index contributed by atoms with van der Waals surface area (Å²) < 4.78 is 0. The van der Waals surface area contributed by atoms with Crippen molar-refractivity contribution in [3.05, 3.63) is 70.8 Å². The number of nitrogens with zero attached hydrogens (tertiary/aromatic N) is 2. The van der Waals surface area contributed by atoms with Crippen molar-refractivity contribution in [3.8, 4) is 0 Å². The fourth-order valence-electron chi connectivity index (χ4n) is 6.06. The van der Waals surface area contributed by atoms with Gasteiger partial charge in [-0.1, -0.05) is 77.8 Å². The molecule has 2 aromatic rings. The summed E-state index contributed by atoms with van der Waals surface area (Å²) in [7, 11) is 0. The number of rotatable bonds is 2. The molecule has 34 heavy (non-hydrogen) atoms. The highest BCUT2D eigenvalue weighted by Crippen LogP contribution is 2.62. The molecule has 4 unspecified atom stereocenters. The van der Waals surface area contributed by atoms with E-state index in [4.69, 9.17) is 0 Å². The van der Waals surface area contributed by atoms with Gasteiger partial charge in [-0.3, -0.25) is 9.59 Å². The van der Waals surface area contributed by atoms with E-state index in [0.29, 0.717) is 5.17 Å². The number of benzene rings is 2.